The van der Waals surface area contributed by atoms with Crippen LogP contribution in [0.3, 0.4) is 0 Å². The molecule has 4 nitrogen and oxygen atoms in total. The minimum atomic E-state index is -0.498. The Bertz CT molecular complexity index is 573. The maximum absolute atomic E-state index is 12.8. The van der Waals surface area contributed by atoms with Crippen molar-refractivity contribution < 1.29 is 13.9 Å². The molecule has 0 aliphatic carbocycles. The molecule has 1 heterocycles. The molecule has 1 aromatic heterocycles. The van der Waals surface area contributed by atoms with Crippen molar-refractivity contribution in [3.8, 4) is 11.5 Å². The van der Waals surface area contributed by atoms with Gasteiger partial charge in [0.25, 0.3) is 0 Å². The monoisotopic (exact) mass is 276 g/mol. The number of pyridine rings is 1. The van der Waals surface area contributed by atoms with Crippen LogP contribution in [0.25, 0.3) is 0 Å². The molecule has 1 N–H and O–H groups in total. The Morgan fingerprint density at radius 1 is 1.15 bits per heavy atom. The van der Waals surface area contributed by atoms with Crippen LogP contribution in [0.5, 0.6) is 11.5 Å². The Morgan fingerprint density at radius 3 is 2.55 bits per heavy atom. The van der Waals surface area contributed by atoms with Gasteiger partial charge in [-0.1, -0.05) is 0 Å². The van der Waals surface area contributed by atoms with E-state index in [1.165, 1.54) is 12.3 Å². The Labute approximate surface area is 117 Å². The molecule has 0 aliphatic rings. The average Bonchev–Trinajstić information content (AvgIpc) is 2.48. The molecular weight excluding hydrogens is 259 g/mol. The predicted octanol–water partition coefficient (Wildman–Crippen LogP) is 3.41. The van der Waals surface area contributed by atoms with E-state index < -0.39 is 5.95 Å². The summed E-state index contributed by atoms with van der Waals surface area (Å²) in [6.45, 7) is 1.99. The van der Waals surface area contributed by atoms with Crippen molar-refractivity contribution in [2.45, 2.75) is 13.0 Å². The SMILES string of the molecule is COc1ccc(OC)c(C(C)Nc2ccc(F)nc2)c1. The molecule has 5 heteroatoms. The van der Waals surface area contributed by atoms with Crippen molar-refractivity contribution in [3.05, 3.63) is 48.0 Å². The Kier molecular flexibility index (Phi) is 4.40. The first-order chi connectivity index (χ1) is 9.63. The van der Waals surface area contributed by atoms with Crippen LogP contribution in [0.1, 0.15) is 18.5 Å². The van der Waals surface area contributed by atoms with Gasteiger partial charge in [-0.15, -0.1) is 0 Å². The van der Waals surface area contributed by atoms with E-state index in [9.17, 15) is 4.39 Å². The second kappa shape index (κ2) is 6.23. The highest BCUT2D eigenvalue weighted by Gasteiger charge is 2.13. The lowest BCUT2D eigenvalue weighted by atomic mass is 10.1. The van der Waals surface area contributed by atoms with Crippen molar-refractivity contribution in [2.75, 3.05) is 19.5 Å². The fourth-order valence-electron chi connectivity index (χ4n) is 1.97. The summed E-state index contributed by atoms with van der Waals surface area (Å²) in [7, 11) is 3.24. The molecule has 0 saturated heterocycles. The van der Waals surface area contributed by atoms with E-state index in [-0.39, 0.29) is 6.04 Å². The molecule has 0 fully saturated rings. The maximum atomic E-state index is 12.8. The largest absolute Gasteiger partial charge is 0.497 e. The van der Waals surface area contributed by atoms with Crippen LogP contribution in [-0.2, 0) is 0 Å². The Morgan fingerprint density at radius 2 is 1.95 bits per heavy atom. The quantitative estimate of drug-likeness (QED) is 0.850. The predicted molar refractivity (Wildman–Crippen MR) is 75.8 cm³/mol. The number of anilines is 1. The van der Waals surface area contributed by atoms with Crippen LogP contribution in [0, 0.1) is 5.95 Å². The number of nitrogens with one attached hydrogen (secondary N) is 1. The molecule has 2 rings (SSSR count). The summed E-state index contributed by atoms with van der Waals surface area (Å²) in [6.07, 6.45) is 1.46. The number of rotatable bonds is 5. The highest BCUT2D eigenvalue weighted by Crippen LogP contribution is 2.31. The zero-order valence-electron chi connectivity index (χ0n) is 11.7. The third-order valence-electron chi connectivity index (χ3n) is 3.01. The summed E-state index contributed by atoms with van der Waals surface area (Å²) in [5, 5.41) is 3.25. The van der Waals surface area contributed by atoms with Crippen molar-refractivity contribution >= 4 is 5.69 Å². The molecule has 0 amide bonds. The van der Waals surface area contributed by atoms with Crippen molar-refractivity contribution in [1.82, 2.24) is 4.98 Å². The Balaban J connectivity index is 2.23. The van der Waals surface area contributed by atoms with Gasteiger partial charge in [0.05, 0.1) is 32.1 Å². The van der Waals surface area contributed by atoms with Crippen molar-refractivity contribution in [2.24, 2.45) is 0 Å². The standard InChI is InChI=1S/C15H17FN2O2/c1-10(18-11-4-7-15(16)17-9-11)13-8-12(19-2)5-6-14(13)20-3/h4-10,18H,1-3H3. The first kappa shape index (κ1) is 14.1. The van der Waals surface area contributed by atoms with Crippen molar-refractivity contribution in [3.63, 3.8) is 0 Å². The summed E-state index contributed by atoms with van der Waals surface area (Å²) in [5.74, 6) is 1.02. The highest BCUT2D eigenvalue weighted by atomic mass is 19.1. The van der Waals surface area contributed by atoms with Gasteiger partial charge in [-0.3, -0.25) is 0 Å². The fourth-order valence-corrected chi connectivity index (χ4v) is 1.97. The first-order valence-corrected chi connectivity index (χ1v) is 6.24. The van der Waals surface area contributed by atoms with Gasteiger partial charge in [-0.2, -0.15) is 4.39 Å². The minimum Gasteiger partial charge on any atom is -0.497 e. The second-order valence-electron chi connectivity index (χ2n) is 4.34. The third kappa shape index (κ3) is 3.17. The number of hydrogen-bond donors (Lipinski definition) is 1. The molecule has 1 atom stereocenters. The van der Waals surface area contributed by atoms with Crippen molar-refractivity contribution in [1.29, 1.82) is 0 Å². The van der Waals surface area contributed by atoms with Crippen LogP contribution in [-0.4, -0.2) is 19.2 Å². The zero-order valence-corrected chi connectivity index (χ0v) is 11.7. The van der Waals surface area contributed by atoms with E-state index in [1.807, 2.05) is 25.1 Å². The average molecular weight is 276 g/mol. The number of hydrogen-bond acceptors (Lipinski definition) is 4. The number of halogens is 1. The van der Waals surface area contributed by atoms with Crippen LogP contribution in [0.15, 0.2) is 36.5 Å². The number of ether oxygens (including phenoxy) is 2. The van der Waals surface area contributed by atoms with E-state index in [1.54, 1.807) is 20.3 Å². The summed E-state index contributed by atoms with van der Waals surface area (Å²) < 4.78 is 23.4. The van der Waals surface area contributed by atoms with Gasteiger partial charge < -0.3 is 14.8 Å². The molecule has 20 heavy (non-hydrogen) atoms. The minimum absolute atomic E-state index is 0.0349. The van der Waals surface area contributed by atoms with Gasteiger partial charge in [0, 0.05) is 5.56 Å². The summed E-state index contributed by atoms with van der Waals surface area (Å²) in [4.78, 5) is 3.62. The molecule has 0 radical (unpaired) electrons. The van der Waals surface area contributed by atoms with Gasteiger partial charge >= 0.3 is 0 Å². The fraction of sp³-hybridized carbons (Fsp3) is 0.267. The molecule has 0 aliphatic heterocycles. The van der Waals surface area contributed by atoms with E-state index in [4.69, 9.17) is 9.47 Å². The number of aromatic nitrogens is 1. The lowest BCUT2D eigenvalue weighted by Gasteiger charge is -2.19. The Hall–Kier alpha value is -2.30. The molecule has 106 valence electrons. The smallest absolute Gasteiger partial charge is 0.212 e. The van der Waals surface area contributed by atoms with E-state index in [0.717, 1.165) is 22.7 Å². The van der Waals surface area contributed by atoms with Crippen LogP contribution < -0.4 is 14.8 Å². The lowest BCUT2D eigenvalue weighted by molar-refractivity contribution is 0.397. The normalized spacial score (nSPS) is 11.8. The van der Waals surface area contributed by atoms with Gasteiger partial charge in [-0.25, -0.2) is 4.98 Å². The van der Waals surface area contributed by atoms with Gasteiger partial charge in [-0.05, 0) is 37.3 Å². The van der Waals surface area contributed by atoms with Crippen LogP contribution >= 0.6 is 0 Å². The summed E-state index contributed by atoms with van der Waals surface area (Å²) in [5.41, 5.74) is 1.69. The topological polar surface area (TPSA) is 43.4 Å². The summed E-state index contributed by atoms with van der Waals surface area (Å²) >= 11 is 0. The molecular formula is C15H17FN2O2. The first-order valence-electron chi connectivity index (χ1n) is 6.24. The number of nitrogens with zero attached hydrogens (tertiary/aromatic N) is 1. The lowest BCUT2D eigenvalue weighted by Crippen LogP contribution is -2.08. The van der Waals surface area contributed by atoms with E-state index in [2.05, 4.69) is 10.3 Å². The van der Waals surface area contributed by atoms with Gasteiger partial charge in [0.15, 0.2) is 0 Å². The molecule has 0 bridgehead atoms. The number of benzene rings is 1. The van der Waals surface area contributed by atoms with Crippen LogP contribution in [0.4, 0.5) is 10.1 Å². The second-order valence-corrected chi connectivity index (χ2v) is 4.34. The van der Waals surface area contributed by atoms with E-state index in [0.29, 0.717) is 0 Å². The van der Waals surface area contributed by atoms with Gasteiger partial charge in [0.2, 0.25) is 5.95 Å². The molecule has 0 spiro atoms. The molecule has 0 saturated carbocycles. The summed E-state index contributed by atoms with van der Waals surface area (Å²) in [6, 6.07) is 8.54. The molecule has 2 aromatic rings. The molecule has 1 aromatic carbocycles. The number of methoxy groups -OCH3 is 2. The van der Waals surface area contributed by atoms with Crippen LogP contribution in [0.2, 0.25) is 0 Å². The van der Waals surface area contributed by atoms with E-state index >= 15 is 0 Å². The third-order valence-corrected chi connectivity index (χ3v) is 3.01. The maximum Gasteiger partial charge on any atom is 0.212 e. The van der Waals surface area contributed by atoms with Gasteiger partial charge in [0.1, 0.15) is 11.5 Å². The molecule has 1 unspecified atom stereocenters. The highest BCUT2D eigenvalue weighted by molar-refractivity contribution is 5.48. The zero-order chi connectivity index (χ0) is 14.5.